The van der Waals surface area contributed by atoms with Gasteiger partial charge in [-0.15, -0.1) is 0 Å². The monoisotopic (exact) mass is 392 g/mol. The molecule has 0 saturated carbocycles. The van der Waals surface area contributed by atoms with E-state index in [0.29, 0.717) is 19.8 Å². The molecule has 5 heteroatoms. The third-order valence-electron chi connectivity index (χ3n) is 4.69. The van der Waals surface area contributed by atoms with Gasteiger partial charge < -0.3 is 20.1 Å². The number of amides is 1. The lowest BCUT2D eigenvalue weighted by Gasteiger charge is -2.16. The Hall–Kier alpha value is -3.05. The van der Waals surface area contributed by atoms with E-state index in [-0.39, 0.29) is 18.5 Å². The van der Waals surface area contributed by atoms with E-state index in [1.807, 2.05) is 49.4 Å². The second-order valence-corrected chi connectivity index (χ2v) is 6.77. The van der Waals surface area contributed by atoms with Crippen molar-refractivity contribution in [2.75, 3.05) is 26.3 Å². The summed E-state index contributed by atoms with van der Waals surface area (Å²) in [6, 6.07) is 22.1. The molecule has 0 fully saturated rings. The number of carbonyl (C=O) groups excluding carboxylic acids is 1. The third-order valence-corrected chi connectivity index (χ3v) is 4.69. The van der Waals surface area contributed by atoms with Crippen LogP contribution in [-0.2, 0) is 4.79 Å². The van der Waals surface area contributed by atoms with Gasteiger partial charge in [0, 0.05) is 6.04 Å². The Bertz CT molecular complexity index is 920. The minimum absolute atomic E-state index is 0.0487. The first-order chi connectivity index (χ1) is 14.2. The van der Waals surface area contributed by atoms with Gasteiger partial charge in [0.15, 0.2) is 0 Å². The molecule has 0 aliphatic heterocycles. The fourth-order valence-electron chi connectivity index (χ4n) is 3.20. The molecule has 0 saturated heterocycles. The number of nitrogens with one attached hydrogen (secondary N) is 2. The van der Waals surface area contributed by atoms with Crippen molar-refractivity contribution in [1.82, 2.24) is 10.6 Å². The number of benzene rings is 3. The lowest BCUT2D eigenvalue weighted by Crippen LogP contribution is -2.37. The number of carbonyl (C=O) groups is 1. The van der Waals surface area contributed by atoms with E-state index in [9.17, 15) is 4.79 Å². The van der Waals surface area contributed by atoms with Crippen molar-refractivity contribution >= 4 is 16.7 Å². The molecule has 0 spiro atoms. The summed E-state index contributed by atoms with van der Waals surface area (Å²) in [6.07, 6.45) is 0. The van der Waals surface area contributed by atoms with Crippen molar-refractivity contribution in [3.05, 3.63) is 72.3 Å². The molecule has 0 aliphatic rings. The van der Waals surface area contributed by atoms with Gasteiger partial charge >= 0.3 is 0 Å². The number of rotatable bonds is 10. The second-order valence-electron chi connectivity index (χ2n) is 6.77. The molecule has 5 nitrogen and oxygen atoms in total. The average molecular weight is 392 g/mol. The standard InChI is InChI=1S/C24H28N2O3/c1-3-28-20-11-13-21(14-12-20)29-16-15-25-24(27)17-26-18(2)22-10-6-8-19-7-4-5-9-23(19)22/h4-14,18,26H,3,15-17H2,1-2H3,(H,25,27)/t18-/m1/s1. The van der Waals surface area contributed by atoms with E-state index in [1.165, 1.54) is 16.3 Å². The highest BCUT2D eigenvalue weighted by molar-refractivity contribution is 5.86. The van der Waals surface area contributed by atoms with E-state index in [2.05, 4.69) is 41.8 Å². The van der Waals surface area contributed by atoms with Crippen LogP contribution in [0.15, 0.2) is 66.7 Å². The van der Waals surface area contributed by atoms with E-state index < -0.39 is 0 Å². The summed E-state index contributed by atoms with van der Waals surface area (Å²) >= 11 is 0. The van der Waals surface area contributed by atoms with Gasteiger partial charge in [0.1, 0.15) is 18.1 Å². The van der Waals surface area contributed by atoms with Gasteiger partial charge in [0.25, 0.3) is 0 Å². The Morgan fingerprint density at radius 3 is 2.38 bits per heavy atom. The first-order valence-corrected chi connectivity index (χ1v) is 10.0. The van der Waals surface area contributed by atoms with Gasteiger partial charge in [-0.25, -0.2) is 0 Å². The van der Waals surface area contributed by atoms with Crippen molar-refractivity contribution in [2.45, 2.75) is 19.9 Å². The van der Waals surface area contributed by atoms with Gasteiger partial charge in [-0.3, -0.25) is 4.79 Å². The largest absolute Gasteiger partial charge is 0.494 e. The fourth-order valence-corrected chi connectivity index (χ4v) is 3.20. The average Bonchev–Trinajstić information content (AvgIpc) is 2.76. The molecule has 0 radical (unpaired) electrons. The molecule has 3 aromatic rings. The van der Waals surface area contributed by atoms with E-state index in [0.717, 1.165) is 11.5 Å². The minimum Gasteiger partial charge on any atom is -0.494 e. The maximum absolute atomic E-state index is 12.1. The molecule has 3 rings (SSSR count). The minimum atomic E-state index is -0.0487. The second kappa shape index (κ2) is 10.5. The zero-order valence-corrected chi connectivity index (χ0v) is 17.0. The van der Waals surface area contributed by atoms with Crippen LogP contribution in [0.25, 0.3) is 10.8 Å². The number of hydrogen-bond donors (Lipinski definition) is 2. The Morgan fingerprint density at radius 1 is 0.931 bits per heavy atom. The van der Waals surface area contributed by atoms with E-state index in [1.54, 1.807) is 0 Å². The van der Waals surface area contributed by atoms with Crippen LogP contribution in [0.3, 0.4) is 0 Å². The predicted octanol–water partition coefficient (Wildman–Crippen LogP) is 4.08. The first-order valence-electron chi connectivity index (χ1n) is 10.0. The Morgan fingerprint density at radius 2 is 1.62 bits per heavy atom. The molecule has 0 bridgehead atoms. The number of fused-ring (bicyclic) bond motifs is 1. The molecule has 0 unspecified atom stereocenters. The topological polar surface area (TPSA) is 59.6 Å². The highest BCUT2D eigenvalue weighted by Crippen LogP contribution is 2.23. The Labute approximate surface area is 172 Å². The Kier molecular flexibility index (Phi) is 7.47. The van der Waals surface area contributed by atoms with Gasteiger partial charge in [-0.1, -0.05) is 42.5 Å². The van der Waals surface area contributed by atoms with Crippen LogP contribution in [0.5, 0.6) is 11.5 Å². The maximum atomic E-state index is 12.1. The lowest BCUT2D eigenvalue weighted by molar-refractivity contribution is -0.120. The molecule has 29 heavy (non-hydrogen) atoms. The fraction of sp³-hybridized carbons (Fsp3) is 0.292. The summed E-state index contributed by atoms with van der Waals surface area (Å²) in [7, 11) is 0. The van der Waals surface area contributed by atoms with Crippen LogP contribution >= 0.6 is 0 Å². The zero-order valence-electron chi connectivity index (χ0n) is 17.0. The summed E-state index contributed by atoms with van der Waals surface area (Å²) < 4.78 is 11.0. The molecule has 0 aromatic heterocycles. The van der Waals surface area contributed by atoms with E-state index >= 15 is 0 Å². The summed E-state index contributed by atoms with van der Waals surface area (Å²) in [5, 5.41) is 8.59. The molecular weight excluding hydrogens is 364 g/mol. The summed E-state index contributed by atoms with van der Waals surface area (Å²) in [6.45, 7) is 5.79. The number of ether oxygens (including phenoxy) is 2. The van der Waals surface area contributed by atoms with Crippen LogP contribution in [0, 0.1) is 0 Å². The first kappa shape index (κ1) is 20.7. The van der Waals surface area contributed by atoms with Crippen LogP contribution < -0.4 is 20.1 Å². The quantitative estimate of drug-likeness (QED) is 0.511. The van der Waals surface area contributed by atoms with Crippen LogP contribution in [0.2, 0.25) is 0 Å². The molecule has 1 amide bonds. The molecule has 0 aliphatic carbocycles. The predicted molar refractivity (Wildman–Crippen MR) is 116 cm³/mol. The smallest absolute Gasteiger partial charge is 0.234 e. The molecule has 0 heterocycles. The molecule has 2 N–H and O–H groups in total. The van der Waals surface area contributed by atoms with Crippen LogP contribution in [0.4, 0.5) is 0 Å². The molecule has 152 valence electrons. The Balaban J connectivity index is 1.39. The highest BCUT2D eigenvalue weighted by atomic mass is 16.5. The molecule has 1 atom stereocenters. The summed E-state index contributed by atoms with van der Waals surface area (Å²) in [5.74, 6) is 1.53. The summed E-state index contributed by atoms with van der Waals surface area (Å²) in [5.41, 5.74) is 1.19. The normalized spacial score (nSPS) is 11.8. The van der Waals surface area contributed by atoms with Crippen molar-refractivity contribution in [3.63, 3.8) is 0 Å². The van der Waals surface area contributed by atoms with Crippen molar-refractivity contribution < 1.29 is 14.3 Å². The molecule has 3 aromatic carbocycles. The SMILES string of the molecule is CCOc1ccc(OCCNC(=O)CN[C@H](C)c2cccc3ccccc23)cc1. The van der Waals surface area contributed by atoms with Gasteiger partial charge in [-0.05, 0) is 54.4 Å². The molecular formula is C24H28N2O3. The van der Waals surface area contributed by atoms with Crippen LogP contribution in [-0.4, -0.2) is 32.2 Å². The van der Waals surface area contributed by atoms with Crippen molar-refractivity contribution in [2.24, 2.45) is 0 Å². The highest BCUT2D eigenvalue weighted by Gasteiger charge is 2.10. The van der Waals surface area contributed by atoms with Gasteiger partial charge in [0.2, 0.25) is 5.91 Å². The maximum Gasteiger partial charge on any atom is 0.234 e. The van der Waals surface area contributed by atoms with Crippen LogP contribution in [0.1, 0.15) is 25.5 Å². The van der Waals surface area contributed by atoms with Crippen molar-refractivity contribution in [3.8, 4) is 11.5 Å². The summed E-state index contributed by atoms with van der Waals surface area (Å²) in [4.78, 5) is 12.1. The zero-order chi connectivity index (χ0) is 20.5. The van der Waals surface area contributed by atoms with Gasteiger partial charge in [0.05, 0.1) is 19.7 Å². The van der Waals surface area contributed by atoms with E-state index in [4.69, 9.17) is 9.47 Å². The van der Waals surface area contributed by atoms with Crippen molar-refractivity contribution in [1.29, 1.82) is 0 Å². The third kappa shape index (κ3) is 5.96. The lowest BCUT2D eigenvalue weighted by atomic mass is 10.00. The number of hydrogen-bond acceptors (Lipinski definition) is 4. The van der Waals surface area contributed by atoms with Gasteiger partial charge in [-0.2, -0.15) is 0 Å².